The van der Waals surface area contributed by atoms with Gasteiger partial charge in [-0.1, -0.05) is 34.1 Å². The summed E-state index contributed by atoms with van der Waals surface area (Å²) in [6.07, 6.45) is 0. The summed E-state index contributed by atoms with van der Waals surface area (Å²) >= 11 is 3.38. The van der Waals surface area contributed by atoms with Crippen LogP contribution in [0.2, 0.25) is 0 Å². The van der Waals surface area contributed by atoms with Crippen LogP contribution in [0.15, 0.2) is 28.7 Å². The third kappa shape index (κ3) is 3.51. The van der Waals surface area contributed by atoms with Crippen LogP contribution in [-0.4, -0.2) is 38.5 Å². The van der Waals surface area contributed by atoms with Crippen LogP contribution in [0.4, 0.5) is 0 Å². The highest BCUT2D eigenvalue weighted by Crippen LogP contribution is 2.17. The minimum absolute atomic E-state index is 0.0390. The summed E-state index contributed by atoms with van der Waals surface area (Å²) in [6.45, 7) is 3.29. The number of rotatable bonds is 5. The maximum absolute atomic E-state index is 12.1. The Hall–Kier alpha value is -2.22. The Kier molecular flexibility index (Phi) is 4.92. The van der Waals surface area contributed by atoms with Crippen molar-refractivity contribution in [2.45, 2.75) is 13.8 Å². The molecule has 0 aliphatic rings. The van der Waals surface area contributed by atoms with Gasteiger partial charge in [-0.05, 0) is 25.1 Å². The van der Waals surface area contributed by atoms with Crippen LogP contribution in [-0.2, 0) is 4.79 Å². The number of nitrogens with zero attached hydrogens (tertiary/aromatic N) is 3. The van der Waals surface area contributed by atoms with E-state index in [1.54, 1.807) is 11.6 Å². The van der Waals surface area contributed by atoms with E-state index in [4.69, 9.17) is 5.11 Å². The second kappa shape index (κ2) is 6.69. The van der Waals surface area contributed by atoms with Gasteiger partial charge < -0.3 is 10.4 Å². The Morgan fingerprint density at radius 1 is 1.45 bits per heavy atom. The average Bonchev–Trinajstić information content (AvgIpc) is 2.86. The lowest BCUT2D eigenvalue weighted by atomic mass is 10.2. The second-order valence-electron chi connectivity index (χ2n) is 4.86. The Labute approximate surface area is 135 Å². The van der Waals surface area contributed by atoms with Gasteiger partial charge in [0.25, 0.3) is 5.91 Å². The molecule has 0 saturated heterocycles. The number of carboxylic acids is 1. The van der Waals surface area contributed by atoms with Crippen molar-refractivity contribution in [1.82, 2.24) is 20.3 Å². The Balaban J connectivity index is 2.17. The van der Waals surface area contributed by atoms with Gasteiger partial charge in [0.15, 0.2) is 5.69 Å². The van der Waals surface area contributed by atoms with Crippen molar-refractivity contribution in [3.63, 3.8) is 0 Å². The predicted molar refractivity (Wildman–Crippen MR) is 82.9 cm³/mol. The third-order valence-electron chi connectivity index (χ3n) is 3.15. The van der Waals surface area contributed by atoms with Crippen LogP contribution in [0.25, 0.3) is 5.69 Å². The first-order valence-electron chi connectivity index (χ1n) is 6.59. The lowest BCUT2D eigenvalue weighted by Gasteiger charge is -2.07. The molecule has 2 rings (SSSR count). The Bertz CT molecular complexity index is 714. The van der Waals surface area contributed by atoms with Gasteiger partial charge in [-0.25, -0.2) is 4.68 Å². The quantitative estimate of drug-likeness (QED) is 0.840. The molecular weight excluding hydrogens is 352 g/mol. The van der Waals surface area contributed by atoms with E-state index in [9.17, 15) is 9.59 Å². The third-order valence-corrected chi connectivity index (χ3v) is 3.65. The monoisotopic (exact) mass is 366 g/mol. The van der Waals surface area contributed by atoms with E-state index in [2.05, 4.69) is 31.6 Å². The number of hydrogen-bond acceptors (Lipinski definition) is 4. The largest absolute Gasteiger partial charge is 0.481 e. The molecule has 0 aliphatic carbocycles. The summed E-state index contributed by atoms with van der Waals surface area (Å²) in [5.41, 5.74) is 1.54. The van der Waals surface area contributed by atoms with Crippen LogP contribution in [0.3, 0.4) is 0 Å². The van der Waals surface area contributed by atoms with E-state index < -0.39 is 17.8 Å². The molecule has 2 N–H and O–H groups in total. The molecule has 0 aliphatic heterocycles. The number of carbonyl (C=O) groups is 2. The zero-order valence-electron chi connectivity index (χ0n) is 12.1. The number of aromatic nitrogens is 3. The van der Waals surface area contributed by atoms with Crippen molar-refractivity contribution in [3.8, 4) is 5.69 Å². The molecule has 1 heterocycles. The van der Waals surface area contributed by atoms with Crippen molar-refractivity contribution < 1.29 is 14.7 Å². The van der Waals surface area contributed by atoms with Gasteiger partial charge >= 0.3 is 5.97 Å². The van der Waals surface area contributed by atoms with E-state index in [1.165, 1.54) is 6.92 Å². The van der Waals surface area contributed by atoms with Crippen LogP contribution in [0, 0.1) is 12.8 Å². The fourth-order valence-electron chi connectivity index (χ4n) is 1.81. The lowest BCUT2D eigenvalue weighted by molar-refractivity contribution is -0.140. The minimum Gasteiger partial charge on any atom is -0.481 e. The van der Waals surface area contributed by atoms with Gasteiger partial charge in [-0.15, -0.1) is 5.10 Å². The number of carboxylic acid groups (broad SMARTS) is 1. The van der Waals surface area contributed by atoms with Crippen molar-refractivity contribution in [2.75, 3.05) is 6.54 Å². The van der Waals surface area contributed by atoms with Crippen molar-refractivity contribution >= 4 is 27.8 Å². The van der Waals surface area contributed by atoms with E-state index >= 15 is 0 Å². The summed E-state index contributed by atoms with van der Waals surface area (Å²) in [5, 5.41) is 19.2. The molecular formula is C14H15BrN4O3. The molecule has 1 atom stereocenters. The number of hydrogen-bond donors (Lipinski definition) is 2. The van der Waals surface area contributed by atoms with Crippen LogP contribution < -0.4 is 5.32 Å². The summed E-state index contributed by atoms with van der Waals surface area (Å²) in [5.74, 6) is -2.06. The number of nitrogens with one attached hydrogen (secondary N) is 1. The van der Waals surface area contributed by atoms with E-state index in [0.717, 1.165) is 10.2 Å². The standard InChI is InChI=1S/C14H15BrN4O3/c1-8(14(21)22)7-16-13(20)12-9(2)19(18-17-12)11-5-3-4-10(15)6-11/h3-6,8H,7H2,1-2H3,(H,16,20)(H,21,22). The molecule has 1 aromatic heterocycles. The van der Waals surface area contributed by atoms with Gasteiger partial charge in [0.1, 0.15) is 0 Å². The zero-order valence-corrected chi connectivity index (χ0v) is 13.7. The minimum atomic E-state index is -0.963. The summed E-state index contributed by atoms with van der Waals surface area (Å²) in [7, 11) is 0. The highest BCUT2D eigenvalue weighted by atomic mass is 79.9. The predicted octanol–water partition coefficient (Wildman–Crippen LogP) is 1.79. The molecule has 1 amide bonds. The number of amides is 1. The average molecular weight is 367 g/mol. The molecule has 22 heavy (non-hydrogen) atoms. The molecule has 1 unspecified atom stereocenters. The lowest BCUT2D eigenvalue weighted by Crippen LogP contribution is -2.32. The van der Waals surface area contributed by atoms with Crippen molar-refractivity contribution in [1.29, 1.82) is 0 Å². The molecule has 1 aromatic carbocycles. The molecule has 0 fully saturated rings. The Morgan fingerprint density at radius 3 is 2.82 bits per heavy atom. The fraction of sp³-hybridized carbons (Fsp3) is 0.286. The van der Waals surface area contributed by atoms with Gasteiger partial charge in [0.2, 0.25) is 0 Å². The molecule has 8 heteroatoms. The van der Waals surface area contributed by atoms with Crippen LogP contribution in [0.5, 0.6) is 0 Å². The molecule has 0 radical (unpaired) electrons. The number of benzene rings is 1. The first-order chi connectivity index (χ1) is 10.4. The first kappa shape index (κ1) is 16.2. The topological polar surface area (TPSA) is 97.1 Å². The molecule has 0 spiro atoms. The smallest absolute Gasteiger partial charge is 0.308 e. The zero-order chi connectivity index (χ0) is 16.3. The molecule has 7 nitrogen and oxygen atoms in total. The van der Waals surface area contributed by atoms with E-state index in [-0.39, 0.29) is 12.2 Å². The number of aliphatic carboxylic acids is 1. The summed E-state index contributed by atoms with van der Waals surface area (Å²) in [4.78, 5) is 22.8. The van der Waals surface area contributed by atoms with E-state index in [1.807, 2.05) is 24.3 Å². The fourth-order valence-corrected chi connectivity index (χ4v) is 2.20. The van der Waals surface area contributed by atoms with Crippen molar-refractivity contribution in [3.05, 3.63) is 40.1 Å². The van der Waals surface area contributed by atoms with Gasteiger partial charge in [0, 0.05) is 11.0 Å². The van der Waals surface area contributed by atoms with Crippen LogP contribution >= 0.6 is 15.9 Å². The van der Waals surface area contributed by atoms with Gasteiger partial charge in [-0.3, -0.25) is 9.59 Å². The van der Waals surface area contributed by atoms with Crippen LogP contribution in [0.1, 0.15) is 23.1 Å². The maximum Gasteiger partial charge on any atom is 0.308 e. The SMILES string of the molecule is Cc1c(C(=O)NCC(C)C(=O)O)nnn1-c1cccc(Br)c1. The molecule has 0 bridgehead atoms. The molecule has 0 saturated carbocycles. The summed E-state index contributed by atoms with van der Waals surface area (Å²) in [6, 6.07) is 7.45. The normalized spacial score (nSPS) is 12.0. The molecule has 116 valence electrons. The highest BCUT2D eigenvalue weighted by Gasteiger charge is 2.19. The van der Waals surface area contributed by atoms with Gasteiger partial charge in [0.05, 0.1) is 17.3 Å². The van der Waals surface area contributed by atoms with E-state index in [0.29, 0.717) is 5.69 Å². The second-order valence-corrected chi connectivity index (χ2v) is 5.78. The molecule has 2 aromatic rings. The maximum atomic E-state index is 12.1. The Morgan fingerprint density at radius 2 is 2.18 bits per heavy atom. The van der Waals surface area contributed by atoms with Gasteiger partial charge in [-0.2, -0.15) is 0 Å². The number of carbonyl (C=O) groups excluding carboxylic acids is 1. The first-order valence-corrected chi connectivity index (χ1v) is 7.38. The summed E-state index contributed by atoms with van der Waals surface area (Å²) < 4.78 is 2.45. The number of halogens is 1. The van der Waals surface area contributed by atoms with Crippen molar-refractivity contribution in [2.24, 2.45) is 5.92 Å². The highest BCUT2D eigenvalue weighted by molar-refractivity contribution is 9.10.